The minimum atomic E-state index is 0.532. The van der Waals surface area contributed by atoms with Gasteiger partial charge in [-0.2, -0.15) is 11.8 Å². The highest BCUT2D eigenvalue weighted by Gasteiger charge is 2.37. The van der Waals surface area contributed by atoms with Crippen molar-refractivity contribution in [2.75, 3.05) is 12.8 Å². The van der Waals surface area contributed by atoms with E-state index in [1.807, 2.05) is 11.3 Å². The van der Waals surface area contributed by atoms with Gasteiger partial charge >= 0.3 is 0 Å². The molecule has 1 nitrogen and oxygen atoms in total. The average molecular weight is 281 g/mol. The van der Waals surface area contributed by atoms with Gasteiger partial charge < -0.3 is 5.32 Å². The normalized spacial score (nSPS) is 24.3. The Morgan fingerprint density at radius 3 is 2.78 bits per heavy atom. The summed E-state index contributed by atoms with van der Waals surface area (Å²) in [6.07, 6.45) is 10.8. The summed E-state index contributed by atoms with van der Waals surface area (Å²) >= 11 is 4.01. The van der Waals surface area contributed by atoms with Gasteiger partial charge in [0.25, 0.3) is 0 Å². The molecule has 100 valence electrons. The second kappa shape index (κ2) is 5.56. The molecule has 2 aliphatic carbocycles. The molecular formula is C15H23NS2. The maximum Gasteiger partial charge on any atom is 0.0443 e. The third kappa shape index (κ3) is 2.78. The number of hydrogen-bond donors (Lipinski definition) is 1. The molecule has 0 bridgehead atoms. The van der Waals surface area contributed by atoms with E-state index in [9.17, 15) is 0 Å². The first-order valence-electron chi connectivity index (χ1n) is 7.15. The summed E-state index contributed by atoms with van der Waals surface area (Å²) in [7, 11) is 0. The fourth-order valence-electron chi connectivity index (χ4n) is 3.17. The van der Waals surface area contributed by atoms with Crippen molar-refractivity contribution >= 4 is 23.1 Å². The lowest BCUT2D eigenvalue weighted by Crippen LogP contribution is -2.37. The molecular weight excluding hydrogens is 258 g/mol. The molecule has 3 rings (SSSR count). The minimum Gasteiger partial charge on any atom is -0.308 e. The van der Waals surface area contributed by atoms with Crippen LogP contribution < -0.4 is 5.32 Å². The van der Waals surface area contributed by atoms with Crippen molar-refractivity contribution in [1.29, 1.82) is 0 Å². The van der Waals surface area contributed by atoms with Crippen molar-refractivity contribution in [1.82, 2.24) is 5.32 Å². The fourth-order valence-corrected chi connectivity index (χ4v) is 4.98. The predicted octanol–water partition coefficient (Wildman–Crippen LogP) is 4.46. The molecule has 1 heterocycles. The zero-order valence-electron chi connectivity index (χ0n) is 11.2. The molecule has 1 atom stereocenters. The molecule has 18 heavy (non-hydrogen) atoms. The van der Waals surface area contributed by atoms with Crippen LogP contribution in [0.5, 0.6) is 0 Å². The average Bonchev–Trinajstić information content (AvgIpc) is 2.93. The van der Waals surface area contributed by atoms with Crippen LogP contribution in [0.1, 0.15) is 49.4 Å². The smallest absolute Gasteiger partial charge is 0.0443 e. The first kappa shape index (κ1) is 13.0. The first-order valence-corrected chi connectivity index (χ1v) is 9.25. The molecule has 0 aromatic carbocycles. The number of hydrogen-bond acceptors (Lipinski definition) is 3. The number of thioether (sulfide) groups is 1. The van der Waals surface area contributed by atoms with Gasteiger partial charge in [-0.05, 0) is 49.3 Å². The van der Waals surface area contributed by atoms with Crippen molar-refractivity contribution < 1.29 is 0 Å². The molecule has 1 aromatic heterocycles. The van der Waals surface area contributed by atoms with E-state index in [-0.39, 0.29) is 0 Å². The maximum absolute atomic E-state index is 3.91. The maximum atomic E-state index is 3.91. The van der Waals surface area contributed by atoms with Gasteiger partial charge in [0.2, 0.25) is 0 Å². The third-order valence-corrected chi connectivity index (χ3v) is 6.91. The molecule has 3 heteroatoms. The van der Waals surface area contributed by atoms with Gasteiger partial charge in [0.05, 0.1) is 0 Å². The lowest BCUT2D eigenvalue weighted by Gasteiger charge is -2.30. The van der Waals surface area contributed by atoms with Crippen molar-refractivity contribution in [3.05, 3.63) is 22.4 Å². The fraction of sp³-hybridized carbons (Fsp3) is 0.733. The van der Waals surface area contributed by atoms with Gasteiger partial charge in [0, 0.05) is 22.2 Å². The molecule has 2 fully saturated rings. The van der Waals surface area contributed by atoms with E-state index in [1.54, 1.807) is 4.88 Å². The summed E-state index contributed by atoms with van der Waals surface area (Å²) < 4.78 is 0.532. The van der Waals surface area contributed by atoms with E-state index >= 15 is 0 Å². The second-order valence-electron chi connectivity index (χ2n) is 5.81. The standard InChI is InChI=1S/C15H23NS2/c1-17-15(8-2-3-9-15)11-16-14(12-6-7-12)13-5-4-10-18-13/h4-5,10,12,14,16H,2-3,6-9,11H2,1H3. The van der Waals surface area contributed by atoms with Crippen molar-refractivity contribution in [3.8, 4) is 0 Å². The Morgan fingerprint density at radius 2 is 2.22 bits per heavy atom. The molecule has 0 saturated heterocycles. The topological polar surface area (TPSA) is 12.0 Å². The summed E-state index contributed by atoms with van der Waals surface area (Å²) in [5.41, 5.74) is 0. The van der Waals surface area contributed by atoms with Gasteiger partial charge in [-0.15, -0.1) is 11.3 Å². The highest BCUT2D eigenvalue weighted by atomic mass is 32.2. The van der Waals surface area contributed by atoms with Crippen LogP contribution in [0.15, 0.2) is 17.5 Å². The molecule has 1 aromatic rings. The van der Waals surface area contributed by atoms with E-state index < -0.39 is 0 Å². The predicted molar refractivity (Wildman–Crippen MR) is 82.5 cm³/mol. The third-order valence-electron chi connectivity index (χ3n) is 4.54. The summed E-state index contributed by atoms with van der Waals surface area (Å²) in [5.74, 6) is 0.906. The second-order valence-corrected chi connectivity index (χ2v) is 8.06. The van der Waals surface area contributed by atoms with E-state index in [1.165, 1.54) is 45.1 Å². The van der Waals surface area contributed by atoms with Gasteiger partial charge in [-0.3, -0.25) is 0 Å². The lowest BCUT2D eigenvalue weighted by atomic mass is 10.1. The van der Waals surface area contributed by atoms with E-state index in [0.717, 1.165) is 5.92 Å². The van der Waals surface area contributed by atoms with Crippen LogP contribution in [-0.2, 0) is 0 Å². The molecule has 0 spiro atoms. The van der Waals surface area contributed by atoms with E-state index in [2.05, 4.69) is 40.8 Å². The Balaban J connectivity index is 1.63. The van der Waals surface area contributed by atoms with Crippen LogP contribution in [0.4, 0.5) is 0 Å². The Morgan fingerprint density at radius 1 is 1.44 bits per heavy atom. The Bertz CT molecular complexity index is 364. The number of thiophene rings is 1. The zero-order chi connectivity index (χ0) is 12.4. The quantitative estimate of drug-likeness (QED) is 0.826. The Kier molecular flexibility index (Phi) is 4.02. The minimum absolute atomic E-state index is 0.532. The van der Waals surface area contributed by atoms with Crippen LogP contribution in [0.2, 0.25) is 0 Å². The number of rotatable bonds is 6. The molecule has 2 saturated carbocycles. The van der Waals surface area contributed by atoms with Crippen molar-refractivity contribution in [2.45, 2.75) is 49.3 Å². The van der Waals surface area contributed by atoms with Gasteiger partial charge in [0.1, 0.15) is 0 Å². The summed E-state index contributed by atoms with van der Waals surface area (Å²) in [6.45, 7) is 1.20. The van der Waals surface area contributed by atoms with Gasteiger partial charge in [-0.1, -0.05) is 18.9 Å². The Labute approximate surface area is 119 Å². The largest absolute Gasteiger partial charge is 0.308 e. The molecule has 0 aliphatic heterocycles. The van der Waals surface area contributed by atoms with Gasteiger partial charge in [-0.25, -0.2) is 0 Å². The van der Waals surface area contributed by atoms with Crippen LogP contribution in [0.25, 0.3) is 0 Å². The lowest BCUT2D eigenvalue weighted by molar-refractivity contribution is 0.439. The molecule has 1 N–H and O–H groups in total. The van der Waals surface area contributed by atoms with Crippen LogP contribution in [0, 0.1) is 5.92 Å². The number of nitrogens with one attached hydrogen (secondary N) is 1. The zero-order valence-corrected chi connectivity index (χ0v) is 12.8. The van der Waals surface area contributed by atoms with E-state index in [4.69, 9.17) is 0 Å². The first-order chi connectivity index (χ1) is 8.83. The van der Waals surface area contributed by atoms with E-state index in [0.29, 0.717) is 10.8 Å². The van der Waals surface area contributed by atoms with Crippen LogP contribution >= 0.6 is 23.1 Å². The SMILES string of the molecule is CSC1(CNC(c2cccs2)C2CC2)CCCC1. The van der Waals surface area contributed by atoms with Gasteiger partial charge in [0.15, 0.2) is 0 Å². The van der Waals surface area contributed by atoms with Crippen LogP contribution in [0.3, 0.4) is 0 Å². The highest BCUT2D eigenvalue weighted by molar-refractivity contribution is 8.00. The monoisotopic (exact) mass is 281 g/mol. The van der Waals surface area contributed by atoms with Crippen molar-refractivity contribution in [2.24, 2.45) is 5.92 Å². The Hall–Kier alpha value is 0.01000. The van der Waals surface area contributed by atoms with Crippen LogP contribution in [-0.4, -0.2) is 17.5 Å². The molecule has 0 amide bonds. The summed E-state index contributed by atoms with van der Waals surface area (Å²) in [5, 5.41) is 6.12. The molecule has 0 radical (unpaired) electrons. The molecule has 1 unspecified atom stereocenters. The molecule has 2 aliphatic rings. The highest BCUT2D eigenvalue weighted by Crippen LogP contribution is 2.44. The summed E-state index contributed by atoms with van der Waals surface area (Å²) in [4.78, 5) is 1.55. The summed E-state index contributed by atoms with van der Waals surface area (Å²) in [6, 6.07) is 5.13. The van der Waals surface area contributed by atoms with Crippen molar-refractivity contribution in [3.63, 3.8) is 0 Å².